The van der Waals surface area contributed by atoms with Crippen LogP contribution in [0.2, 0.25) is 0 Å². The number of piperazine rings is 1. The molecule has 0 spiro atoms. The topological polar surface area (TPSA) is 28.2 Å². The zero-order valence-electron chi connectivity index (χ0n) is 12.0. The largest absolute Gasteiger partial charge is 0.309 e. The highest BCUT2D eigenvalue weighted by Crippen LogP contribution is 2.19. The van der Waals surface area contributed by atoms with Gasteiger partial charge in [0.05, 0.1) is 0 Å². The SMILES string of the molecule is CCC1CNC(C)(C)CN1Cc1ccc(C)nc1. The lowest BCUT2D eigenvalue weighted by Crippen LogP contribution is -2.60. The van der Waals surface area contributed by atoms with E-state index in [2.05, 4.69) is 48.1 Å². The molecular weight excluding hydrogens is 222 g/mol. The first-order chi connectivity index (χ1) is 8.50. The van der Waals surface area contributed by atoms with Gasteiger partial charge in [0.1, 0.15) is 0 Å². The molecular formula is C15H25N3. The Labute approximate surface area is 111 Å². The molecule has 0 saturated carbocycles. The van der Waals surface area contributed by atoms with E-state index in [0.717, 1.165) is 25.3 Å². The maximum atomic E-state index is 4.39. The van der Waals surface area contributed by atoms with Crippen LogP contribution in [0.1, 0.15) is 38.4 Å². The zero-order chi connectivity index (χ0) is 13.2. The third kappa shape index (κ3) is 3.30. The summed E-state index contributed by atoms with van der Waals surface area (Å²) in [6.45, 7) is 12.1. The molecule has 100 valence electrons. The maximum absolute atomic E-state index is 4.39. The van der Waals surface area contributed by atoms with Crippen molar-refractivity contribution in [1.29, 1.82) is 0 Å². The maximum Gasteiger partial charge on any atom is 0.0372 e. The minimum absolute atomic E-state index is 0.212. The molecule has 0 aliphatic carbocycles. The lowest BCUT2D eigenvalue weighted by molar-refractivity contribution is 0.0857. The van der Waals surface area contributed by atoms with Crippen molar-refractivity contribution in [1.82, 2.24) is 15.2 Å². The zero-order valence-corrected chi connectivity index (χ0v) is 12.0. The average molecular weight is 247 g/mol. The summed E-state index contributed by atoms with van der Waals surface area (Å²) in [5.74, 6) is 0. The van der Waals surface area contributed by atoms with Crippen molar-refractivity contribution in [2.45, 2.75) is 52.2 Å². The van der Waals surface area contributed by atoms with E-state index in [-0.39, 0.29) is 5.54 Å². The minimum atomic E-state index is 0.212. The second-order valence-corrected chi connectivity index (χ2v) is 6.04. The number of pyridine rings is 1. The fourth-order valence-corrected chi connectivity index (χ4v) is 2.63. The number of hydrogen-bond donors (Lipinski definition) is 1. The predicted molar refractivity (Wildman–Crippen MR) is 75.5 cm³/mol. The van der Waals surface area contributed by atoms with Crippen LogP contribution in [-0.4, -0.2) is 34.6 Å². The molecule has 18 heavy (non-hydrogen) atoms. The molecule has 1 fully saturated rings. The molecule has 1 aliphatic rings. The van der Waals surface area contributed by atoms with Crippen LogP contribution in [0.15, 0.2) is 18.3 Å². The summed E-state index contributed by atoms with van der Waals surface area (Å²) >= 11 is 0. The normalized spacial score (nSPS) is 24.1. The smallest absolute Gasteiger partial charge is 0.0372 e. The van der Waals surface area contributed by atoms with Gasteiger partial charge in [-0.15, -0.1) is 0 Å². The molecule has 1 atom stereocenters. The van der Waals surface area contributed by atoms with Crippen LogP contribution in [0.3, 0.4) is 0 Å². The van der Waals surface area contributed by atoms with Gasteiger partial charge in [0, 0.05) is 43.1 Å². The van der Waals surface area contributed by atoms with E-state index >= 15 is 0 Å². The second kappa shape index (κ2) is 5.37. The van der Waals surface area contributed by atoms with Crippen molar-refractivity contribution >= 4 is 0 Å². The van der Waals surface area contributed by atoms with E-state index in [9.17, 15) is 0 Å². The van der Waals surface area contributed by atoms with Crippen LogP contribution >= 0.6 is 0 Å². The van der Waals surface area contributed by atoms with Gasteiger partial charge in [-0.05, 0) is 38.8 Å². The van der Waals surface area contributed by atoms with Gasteiger partial charge >= 0.3 is 0 Å². The summed E-state index contributed by atoms with van der Waals surface area (Å²) in [4.78, 5) is 6.98. The highest BCUT2D eigenvalue weighted by Gasteiger charge is 2.31. The van der Waals surface area contributed by atoms with Gasteiger partial charge in [0.25, 0.3) is 0 Å². The number of aryl methyl sites for hydroxylation is 1. The number of aromatic nitrogens is 1. The molecule has 2 rings (SSSR count). The van der Waals surface area contributed by atoms with E-state index in [1.165, 1.54) is 12.0 Å². The summed E-state index contributed by atoms with van der Waals surface area (Å²) in [5.41, 5.74) is 2.62. The van der Waals surface area contributed by atoms with Gasteiger partial charge in [-0.25, -0.2) is 0 Å². The van der Waals surface area contributed by atoms with Crippen LogP contribution in [0.25, 0.3) is 0 Å². The quantitative estimate of drug-likeness (QED) is 0.888. The standard InChI is InChI=1S/C15H25N3/c1-5-14-9-17-15(3,4)11-18(14)10-13-7-6-12(2)16-8-13/h6-8,14,17H,5,9-11H2,1-4H3. The highest BCUT2D eigenvalue weighted by atomic mass is 15.2. The summed E-state index contributed by atoms with van der Waals surface area (Å²) < 4.78 is 0. The highest BCUT2D eigenvalue weighted by molar-refractivity contribution is 5.13. The van der Waals surface area contributed by atoms with Gasteiger partial charge < -0.3 is 5.32 Å². The number of rotatable bonds is 3. The van der Waals surface area contributed by atoms with Crippen LogP contribution < -0.4 is 5.32 Å². The molecule has 1 aromatic heterocycles. The first kappa shape index (κ1) is 13.5. The van der Waals surface area contributed by atoms with Gasteiger partial charge in [-0.3, -0.25) is 9.88 Å². The van der Waals surface area contributed by atoms with Gasteiger partial charge in [0.15, 0.2) is 0 Å². The van der Waals surface area contributed by atoms with Crippen molar-refractivity contribution in [2.75, 3.05) is 13.1 Å². The predicted octanol–water partition coefficient (Wildman–Crippen LogP) is 2.35. The second-order valence-electron chi connectivity index (χ2n) is 6.04. The Bertz CT molecular complexity index is 383. The third-order valence-electron chi connectivity index (χ3n) is 3.76. The lowest BCUT2D eigenvalue weighted by Gasteiger charge is -2.44. The Kier molecular flexibility index (Phi) is 4.03. The monoisotopic (exact) mass is 247 g/mol. The van der Waals surface area contributed by atoms with E-state index in [1.54, 1.807) is 0 Å². The van der Waals surface area contributed by atoms with E-state index in [1.807, 2.05) is 13.1 Å². The Balaban J connectivity index is 2.07. The first-order valence-electron chi connectivity index (χ1n) is 6.91. The van der Waals surface area contributed by atoms with E-state index < -0.39 is 0 Å². The fourth-order valence-electron chi connectivity index (χ4n) is 2.63. The Morgan fingerprint density at radius 1 is 1.44 bits per heavy atom. The summed E-state index contributed by atoms with van der Waals surface area (Å²) in [7, 11) is 0. The molecule has 1 saturated heterocycles. The van der Waals surface area contributed by atoms with Crippen molar-refractivity contribution in [3.8, 4) is 0 Å². The molecule has 2 heterocycles. The average Bonchev–Trinajstić information content (AvgIpc) is 2.31. The molecule has 3 nitrogen and oxygen atoms in total. The van der Waals surface area contributed by atoms with E-state index in [4.69, 9.17) is 0 Å². The van der Waals surface area contributed by atoms with Crippen LogP contribution in [0.5, 0.6) is 0 Å². The summed E-state index contributed by atoms with van der Waals surface area (Å²) in [6.07, 6.45) is 3.21. The van der Waals surface area contributed by atoms with Crippen LogP contribution in [-0.2, 0) is 6.54 Å². The molecule has 1 aliphatic heterocycles. The Morgan fingerprint density at radius 2 is 2.22 bits per heavy atom. The molecule has 0 amide bonds. The number of nitrogens with one attached hydrogen (secondary N) is 1. The number of nitrogens with zero attached hydrogens (tertiary/aromatic N) is 2. The van der Waals surface area contributed by atoms with Crippen molar-refractivity contribution in [2.24, 2.45) is 0 Å². The molecule has 1 unspecified atom stereocenters. The van der Waals surface area contributed by atoms with Gasteiger partial charge in [0.2, 0.25) is 0 Å². The van der Waals surface area contributed by atoms with Crippen molar-refractivity contribution in [3.63, 3.8) is 0 Å². The Hall–Kier alpha value is -0.930. The molecule has 0 aromatic carbocycles. The van der Waals surface area contributed by atoms with E-state index in [0.29, 0.717) is 6.04 Å². The summed E-state index contributed by atoms with van der Waals surface area (Å²) in [6, 6.07) is 4.94. The molecule has 0 bridgehead atoms. The van der Waals surface area contributed by atoms with Crippen molar-refractivity contribution < 1.29 is 0 Å². The Morgan fingerprint density at radius 3 is 2.83 bits per heavy atom. The molecule has 3 heteroatoms. The van der Waals surface area contributed by atoms with Gasteiger partial charge in [-0.2, -0.15) is 0 Å². The minimum Gasteiger partial charge on any atom is -0.309 e. The molecule has 1 N–H and O–H groups in total. The van der Waals surface area contributed by atoms with Crippen molar-refractivity contribution in [3.05, 3.63) is 29.6 Å². The fraction of sp³-hybridized carbons (Fsp3) is 0.667. The summed E-state index contributed by atoms with van der Waals surface area (Å²) in [5, 5.41) is 3.63. The lowest BCUT2D eigenvalue weighted by atomic mass is 9.97. The first-order valence-corrected chi connectivity index (χ1v) is 6.91. The molecule has 1 aromatic rings. The van der Waals surface area contributed by atoms with Crippen LogP contribution in [0.4, 0.5) is 0 Å². The third-order valence-corrected chi connectivity index (χ3v) is 3.76. The van der Waals surface area contributed by atoms with Gasteiger partial charge in [-0.1, -0.05) is 13.0 Å². The van der Waals surface area contributed by atoms with Crippen LogP contribution in [0, 0.1) is 6.92 Å². The molecule has 0 radical (unpaired) electrons. The number of hydrogen-bond acceptors (Lipinski definition) is 3.